The maximum absolute atomic E-state index is 15.5. The first kappa shape index (κ1) is 30.7. The number of hydrogen-bond donors (Lipinski definition) is 2. The topological polar surface area (TPSA) is 72.2 Å². The summed E-state index contributed by atoms with van der Waals surface area (Å²) in [5, 5.41) is 1.21. The Morgan fingerprint density at radius 3 is 1.97 bits per heavy atom. The number of nitrogens with two attached hydrogens (primary N) is 1. The van der Waals surface area contributed by atoms with Gasteiger partial charge in [0.25, 0.3) is 0 Å². The van der Waals surface area contributed by atoms with Crippen molar-refractivity contribution < 1.29 is 40.3 Å². The van der Waals surface area contributed by atoms with Crippen LogP contribution in [0.25, 0.3) is 5.83 Å². The van der Waals surface area contributed by atoms with Crippen molar-refractivity contribution in [2.45, 2.75) is 44.6 Å². The van der Waals surface area contributed by atoms with Gasteiger partial charge >= 0.3 is 12.4 Å². The third-order valence-corrected chi connectivity index (χ3v) is 6.41. The molecule has 2 atom stereocenters. The van der Waals surface area contributed by atoms with Crippen LogP contribution in [0.2, 0.25) is 15.1 Å². The summed E-state index contributed by atoms with van der Waals surface area (Å²) in [7, 11) is 0. The summed E-state index contributed by atoms with van der Waals surface area (Å²) in [6, 6.07) is 1.23. The molecule has 0 aliphatic rings. The first-order valence-electron chi connectivity index (χ1n) is 10.3. The number of primary amides is 1. The molecule has 0 fully saturated rings. The van der Waals surface area contributed by atoms with E-state index in [4.69, 9.17) is 40.5 Å². The molecule has 0 heterocycles. The first-order valence-corrected chi connectivity index (χ1v) is 11.5. The molecule has 0 aliphatic heterocycles. The number of rotatable bonds is 7. The summed E-state index contributed by atoms with van der Waals surface area (Å²) in [6.45, 7) is 2.45. The molecule has 0 saturated heterocycles. The molecular formula is C23H18Cl3F7N2O2. The summed E-state index contributed by atoms with van der Waals surface area (Å²) >= 11 is 17.4. The fraction of sp³-hybridized carbons (Fsp3) is 0.304. The van der Waals surface area contributed by atoms with Crippen molar-refractivity contribution in [2.24, 2.45) is 5.73 Å². The number of benzene rings is 2. The molecule has 2 aromatic rings. The standard InChI is InChI=1S/C23H18Cl3F7N2O2/c1-3-17(36)35-9(2)18-11(4-5-12(21(34)37)19(18)23(31,32)33)16(27)8-13(22(28,29)30)10-6-14(24)20(26)15(25)7-10/h4-9,13H,3H2,1-2H3,(H2,34,37)(H,35,36)/b16-8-/t9-,13?/m1/s1. The maximum Gasteiger partial charge on any atom is 0.417 e. The van der Waals surface area contributed by atoms with Crippen LogP contribution in [0.4, 0.5) is 30.7 Å². The van der Waals surface area contributed by atoms with E-state index in [2.05, 4.69) is 5.32 Å². The number of hydrogen-bond acceptors (Lipinski definition) is 2. The molecule has 2 aromatic carbocycles. The number of halogens is 10. The highest BCUT2D eigenvalue weighted by Crippen LogP contribution is 2.45. The van der Waals surface area contributed by atoms with Gasteiger partial charge in [-0.2, -0.15) is 26.3 Å². The Balaban J connectivity index is 2.88. The van der Waals surface area contributed by atoms with Crippen LogP contribution in [-0.2, 0) is 11.0 Å². The predicted molar refractivity (Wildman–Crippen MR) is 126 cm³/mol. The highest BCUT2D eigenvalue weighted by atomic mass is 35.5. The van der Waals surface area contributed by atoms with Crippen molar-refractivity contribution in [1.82, 2.24) is 5.32 Å². The van der Waals surface area contributed by atoms with E-state index in [1.54, 1.807) is 0 Å². The molecule has 1 unspecified atom stereocenters. The second-order valence-electron chi connectivity index (χ2n) is 7.79. The fourth-order valence-corrected chi connectivity index (χ4v) is 4.19. The van der Waals surface area contributed by atoms with Crippen molar-refractivity contribution >= 4 is 52.4 Å². The Hall–Kier alpha value is -2.50. The van der Waals surface area contributed by atoms with Crippen LogP contribution in [0, 0.1) is 0 Å². The molecule has 0 radical (unpaired) electrons. The third-order valence-electron chi connectivity index (χ3n) is 5.21. The van der Waals surface area contributed by atoms with Gasteiger partial charge in [-0.25, -0.2) is 4.39 Å². The number of amides is 2. The van der Waals surface area contributed by atoms with E-state index >= 15 is 4.39 Å². The summed E-state index contributed by atoms with van der Waals surface area (Å²) in [5.74, 6) is -6.69. The molecule has 4 nitrogen and oxygen atoms in total. The highest BCUT2D eigenvalue weighted by molar-refractivity contribution is 6.48. The van der Waals surface area contributed by atoms with Crippen LogP contribution in [0.15, 0.2) is 30.3 Å². The van der Waals surface area contributed by atoms with Gasteiger partial charge in [0, 0.05) is 12.0 Å². The average Bonchev–Trinajstić information content (AvgIpc) is 2.77. The van der Waals surface area contributed by atoms with Crippen LogP contribution in [-0.4, -0.2) is 18.0 Å². The van der Waals surface area contributed by atoms with E-state index in [1.807, 2.05) is 0 Å². The minimum Gasteiger partial charge on any atom is -0.366 e. The molecule has 202 valence electrons. The smallest absolute Gasteiger partial charge is 0.366 e. The first-order chi connectivity index (χ1) is 16.9. The molecule has 3 N–H and O–H groups in total. The lowest BCUT2D eigenvalue weighted by atomic mass is 9.88. The van der Waals surface area contributed by atoms with Crippen LogP contribution in [0.5, 0.6) is 0 Å². The lowest BCUT2D eigenvalue weighted by Crippen LogP contribution is -2.30. The van der Waals surface area contributed by atoms with Gasteiger partial charge in [-0.3, -0.25) is 9.59 Å². The minimum absolute atomic E-state index is 0.0349. The molecule has 14 heteroatoms. The van der Waals surface area contributed by atoms with E-state index < -0.39 is 69.8 Å². The van der Waals surface area contributed by atoms with Crippen LogP contribution >= 0.6 is 34.8 Å². The van der Waals surface area contributed by atoms with Crippen molar-refractivity contribution in [3.63, 3.8) is 0 Å². The number of carbonyl (C=O) groups is 2. The van der Waals surface area contributed by atoms with E-state index in [9.17, 15) is 35.9 Å². The lowest BCUT2D eigenvalue weighted by molar-refractivity contribution is -0.140. The number of alkyl halides is 6. The normalized spacial score (nSPS) is 14.3. The number of nitrogens with one attached hydrogen (secondary N) is 1. The summed E-state index contributed by atoms with van der Waals surface area (Å²) in [4.78, 5) is 23.6. The molecule has 2 amide bonds. The van der Waals surface area contributed by atoms with Crippen molar-refractivity contribution in [2.75, 3.05) is 0 Å². The van der Waals surface area contributed by atoms with Crippen molar-refractivity contribution in [3.8, 4) is 0 Å². The van der Waals surface area contributed by atoms with Gasteiger partial charge in [0.1, 0.15) is 11.7 Å². The van der Waals surface area contributed by atoms with Crippen molar-refractivity contribution in [3.05, 3.63) is 73.2 Å². The van der Waals surface area contributed by atoms with Crippen molar-refractivity contribution in [1.29, 1.82) is 0 Å². The Bertz CT molecular complexity index is 1220. The van der Waals surface area contributed by atoms with Crippen LogP contribution < -0.4 is 11.1 Å². The van der Waals surface area contributed by atoms with E-state index in [-0.39, 0.29) is 27.6 Å². The molecule has 0 saturated carbocycles. The third kappa shape index (κ3) is 7.08. The molecular weight excluding hydrogens is 576 g/mol. The number of carbonyl (C=O) groups excluding carboxylic acids is 2. The molecule has 2 rings (SSSR count). The lowest BCUT2D eigenvalue weighted by Gasteiger charge is -2.25. The minimum atomic E-state index is -5.29. The number of allylic oxidation sites excluding steroid dienone is 1. The highest BCUT2D eigenvalue weighted by Gasteiger charge is 2.43. The van der Waals surface area contributed by atoms with Gasteiger partial charge in [0.15, 0.2) is 0 Å². The average molecular weight is 594 g/mol. The van der Waals surface area contributed by atoms with Gasteiger partial charge in [0.2, 0.25) is 11.8 Å². The second kappa shape index (κ2) is 11.5. The molecule has 0 aromatic heterocycles. The van der Waals surface area contributed by atoms with Gasteiger partial charge < -0.3 is 11.1 Å². The zero-order valence-electron chi connectivity index (χ0n) is 18.9. The Morgan fingerprint density at radius 1 is 1.03 bits per heavy atom. The summed E-state index contributed by atoms with van der Waals surface area (Å²) in [6.07, 6.45) is -10.6. The SMILES string of the molecule is CCC(=O)N[C@H](C)c1c(/C(F)=C/C(c2cc(Cl)c(Cl)c(Cl)c2)C(F)(F)F)ccc(C(N)=O)c1C(F)(F)F. The molecule has 0 bridgehead atoms. The van der Waals surface area contributed by atoms with Gasteiger partial charge in [0.05, 0.1) is 32.2 Å². The zero-order chi connectivity index (χ0) is 28.5. The molecule has 0 spiro atoms. The predicted octanol–water partition coefficient (Wildman–Crippen LogP) is 8.01. The van der Waals surface area contributed by atoms with Crippen LogP contribution in [0.1, 0.15) is 64.8 Å². The Morgan fingerprint density at radius 2 is 1.54 bits per heavy atom. The summed E-state index contributed by atoms with van der Waals surface area (Å²) < 4.78 is 99.4. The summed E-state index contributed by atoms with van der Waals surface area (Å²) in [5.41, 5.74) is -0.235. The second-order valence-corrected chi connectivity index (χ2v) is 8.98. The van der Waals surface area contributed by atoms with E-state index in [0.29, 0.717) is 12.1 Å². The van der Waals surface area contributed by atoms with Gasteiger partial charge in [-0.05, 0) is 42.3 Å². The molecule has 37 heavy (non-hydrogen) atoms. The fourth-order valence-electron chi connectivity index (χ4n) is 3.57. The monoisotopic (exact) mass is 592 g/mol. The Labute approximate surface area is 221 Å². The van der Waals surface area contributed by atoms with E-state index in [0.717, 1.165) is 19.1 Å². The quantitative estimate of drug-likeness (QED) is 0.252. The zero-order valence-corrected chi connectivity index (χ0v) is 21.2. The van der Waals surface area contributed by atoms with Gasteiger partial charge in [-0.15, -0.1) is 0 Å². The molecule has 0 aliphatic carbocycles. The Kier molecular flexibility index (Phi) is 9.54. The largest absolute Gasteiger partial charge is 0.417 e. The van der Waals surface area contributed by atoms with E-state index in [1.165, 1.54) is 6.92 Å². The van der Waals surface area contributed by atoms with Crippen LogP contribution in [0.3, 0.4) is 0 Å². The maximum atomic E-state index is 15.5. The van der Waals surface area contributed by atoms with Gasteiger partial charge in [-0.1, -0.05) is 47.8 Å².